The number of nitrogens with one attached hydrogen (secondary N) is 1. The topological polar surface area (TPSA) is 45.1 Å². The van der Waals surface area contributed by atoms with Crippen LogP contribution in [0.25, 0.3) is 0 Å². The Labute approximate surface area is 130 Å². The average Bonchev–Trinajstić information content (AvgIpc) is 2.49. The van der Waals surface area contributed by atoms with Gasteiger partial charge in [0.25, 0.3) is 0 Å². The quantitative estimate of drug-likeness (QED) is 0.881. The lowest BCUT2D eigenvalue weighted by Crippen LogP contribution is -2.26. The summed E-state index contributed by atoms with van der Waals surface area (Å²) in [7, 11) is 0. The Hall–Kier alpha value is -1.63. The van der Waals surface area contributed by atoms with E-state index in [1.807, 2.05) is 0 Å². The third kappa shape index (κ3) is 4.19. The second-order valence-electron chi connectivity index (χ2n) is 4.66. The van der Waals surface area contributed by atoms with Crippen molar-refractivity contribution in [1.29, 1.82) is 0 Å². The molecule has 3 nitrogen and oxygen atoms in total. The van der Waals surface area contributed by atoms with Gasteiger partial charge in [-0.25, -0.2) is 0 Å². The lowest BCUT2D eigenvalue weighted by molar-refractivity contribution is -0.138. The van der Waals surface area contributed by atoms with Crippen LogP contribution in [0.5, 0.6) is 0 Å². The van der Waals surface area contributed by atoms with Gasteiger partial charge in [-0.2, -0.15) is 13.2 Å². The third-order valence-electron chi connectivity index (χ3n) is 3.17. The Kier molecular flexibility index (Phi) is 5.39. The van der Waals surface area contributed by atoms with Gasteiger partial charge in [0.15, 0.2) is 0 Å². The zero-order chi connectivity index (χ0) is 16.2. The maximum absolute atomic E-state index is 12.9. The first-order valence-corrected chi connectivity index (χ1v) is 6.90. The second kappa shape index (κ2) is 7.09. The molecule has 1 aromatic heterocycles. The van der Waals surface area contributed by atoms with Gasteiger partial charge in [0.05, 0.1) is 23.9 Å². The van der Waals surface area contributed by atoms with E-state index in [2.05, 4.69) is 10.3 Å². The first kappa shape index (κ1) is 16.7. The van der Waals surface area contributed by atoms with Crippen molar-refractivity contribution in [3.63, 3.8) is 0 Å². The van der Waals surface area contributed by atoms with Gasteiger partial charge in [-0.1, -0.05) is 23.7 Å². The Morgan fingerprint density at radius 1 is 1.18 bits per heavy atom. The molecule has 22 heavy (non-hydrogen) atoms. The van der Waals surface area contributed by atoms with Crippen LogP contribution in [0.4, 0.5) is 13.2 Å². The van der Waals surface area contributed by atoms with Crippen LogP contribution >= 0.6 is 11.6 Å². The molecule has 7 heteroatoms. The van der Waals surface area contributed by atoms with Crippen LogP contribution in [0.3, 0.4) is 0 Å². The molecule has 1 unspecified atom stereocenters. The summed E-state index contributed by atoms with van der Waals surface area (Å²) in [5.41, 5.74) is -0.158. The van der Waals surface area contributed by atoms with Crippen LogP contribution in [0.15, 0.2) is 42.6 Å². The molecule has 0 saturated carbocycles. The van der Waals surface area contributed by atoms with Crippen molar-refractivity contribution < 1.29 is 18.3 Å². The molecule has 0 amide bonds. The first-order chi connectivity index (χ1) is 10.4. The van der Waals surface area contributed by atoms with Crippen molar-refractivity contribution in [2.45, 2.75) is 18.8 Å². The maximum Gasteiger partial charge on any atom is 0.418 e. The Balaban J connectivity index is 2.13. The number of aliphatic hydroxyl groups excluding tert-OH is 1. The number of alkyl halides is 3. The molecule has 0 aliphatic rings. The highest BCUT2D eigenvalue weighted by Crippen LogP contribution is 2.31. The summed E-state index contributed by atoms with van der Waals surface area (Å²) in [4.78, 5) is 3.77. The van der Waals surface area contributed by atoms with Crippen molar-refractivity contribution in [3.8, 4) is 0 Å². The standard InChI is InChI=1S/C15H14ClF3N2O/c16-11-5-3-10(4-6-11)14(9-22)21-8-13-12(15(17,18)19)2-1-7-20-13/h1-7,14,21-22H,8-9H2. The molecule has 2 N–H and O–H groups in total. The molecule has 1 aromatic carbocycles. The fourth-order valence-electron chi connectivity index (χ4n) is 2.04. The monoisotopic (exact) mass is 330 g/mol. The number of hydrogen-bond acceptors (Lipinski definition) is 3. The predicted molar refractivity (Wildman–Crippen MR) is 77.4 cm³/mol. The highest BCUT2D eigenvalue weighted by molar-refractivity contribution is 6.30. The molecule has 0 aliphatic heterocycles. The van der Waals surface area contributed by atoms with Crippen LogP contribution in [-0.4, -0.2) is 16.7 Å². The predicted octanol–water partition coefficient (Wildman–Crippen LogP) is 3.58. The van der Waals surface area contributed by atoms with E-state index in [9.17, 15) is 18.3 Å². The fourth-order valence-corrected chi connectivity index (χ4v) is 2.17. The molecular formula is C15H14ClF3N2O. The van der Waals surface area contributed by atoms with Gasteiger partial charge < -0.3 is 10.4 Å². The summed E-state index contributed by atoms with van der Waals surface area (Å²) in [6, 6.07) is 8.46. The number of aromatic nitrogens is 1. The molecule has 0 aliphatic carbocycles. The molecule has 0 bridgehead atoms. The van der Waals surface area contributed by atoms with Gasteiger partial charge in [-0.05, 0) is 29.8 Å². The second-order valence-corrected chi connectivity index (χ2v) is 5.10. The number of hydrogen-bond donors (Lipinski definition) is 2. The molecule has 0 saturated heterocycles. The van der Waals surface area contributed by atoms with Gasteiger partial charge in [-0.15, -0.1) is 0 Å². The fraction of sp³-hybridized carbons (Fsp3) is 0.267. The number of nitrogens with zero attached hydrogens (tertiary/aromatic N) is 1. The minimum Gasteiger partial charge on any atom is -0.394 e. The van der Waals surface area contributed by atoms with Crippen LogP contribution in [-0.2, 0) is 12.7 Å². The summed E-state index contributed by atoms with van der Waals surface area (Å²) < 4.78 is 38.7. The van der Waals surface area contributed by atoms with E-state index in [-0.39, 0.29) is 18.8 Å². The van der Waals surface area contributed by atoms with Gasteiger partial charge >= 0.3 is 6.18 Å². The van der Waals surface area contributed by atoms with Gasteiger partial charge in [0, 0.05) is 17.8 Å². The summed E-state index contributed by atoms with van der Waals surface area (Å²) in [6.07, 6.45) is -3.15. The Morgan fingerprint density at radius 3 is 2.45 bits per heavy atom. The van der Waals surface area contributed by atoms with E-state index in [0.717, 1.165) is 11.6 Å². The van der Waals surface area contributed by atoms with E-state index in [4.69, 9.17) is 11.6 Å². The zero-order valence-electron chi connectivity index (χ0n) is 11.4. The molecular weight excluding hydrogens is 317 g/mol. The van der Waals surface area contributed by atoms with Crippen LogP contribution in [0, 0.1) is 0 Å². The van der Waals surface area contributed by atoms with Crippen LogP contribution in [0.1, 0.15) is 22.9 Å². The van der Waals surface area contributed by atoms with Crippen LogP contribution in [0.2, 0.25) is 5.02 Å². The summed E-state index contributed by atoms with van der Waals surface area (Å²) in [5.74, 6) is 0. The molecule has 0 fully saturated rings. The summed E-state index contributed by atoms with van der Waals surface area (Å²) >= 11 is 5.79. The van der Waals surface area contributed by atoms with Crippen molar-refractivity contribution >= 4 is 11.6 Å². The highest BCUT2D eigenvalue weighted by atomic mass is 35.5. The highest BCUT2D eigenvalue weighted by Gasteiger charge is 2.33. The molecule has 1 atom stereocenters. The van der Waals surface area contributed by atoms with Gasteiger partial charge in [0.1, 0.15) is 0 Å². The smallest absolute Gasteiger partial charge is 0.394 e. The van der Waals surface area contributed by atoms with Gasteiger partial charge in [0.2, 0.25) is 0 Å². The van der Waals surface area contributed by atoms with Crippen molar-refractivity contribution in [3.05, 3.63) is 64.4 Å². The Bertz CT molecular complexity index is 617. The van der Waals surface area contributed by atoms with Crippen LogP contribution < -0.4 is 5.32 Å². The van der Waals surface area contributed by atoms with Gasteiger partial charge in [-0.3, -0.25) is 4.98 Å². The third-order valence-corrected chi connectivity index (χ3v) is 3.42. The van der Waals surface area contributed by atoms with E-state index < -0.39 is 17.8 Å². The minimum atomic E-state index is -4.46. The van der Waals surface area contributed by atoms with Crippen molar-refractivity contribution in [2.24, 2.45) is 0 Å². The number of benzene rings is 1. The molecule has 2 rings (SSSR count). The maximum atomic E-state index is 12.9. The number of halogens is 4. The molecule has 1 heterocycles. The number of aliphatic hydroxyl groups is 1. The van der Waals surface area contributed by atoms with Crippen molar-refractivity contribution in [1.82, 2.24) is 10.3 Å². The summed E-state index contributed by atoms with van der Waals surface area (Å²) in [5, 5.41) is 12.8. The molecule has 2 aromatic rings. The van der Waals surface area contributed by atoms with E-state index in [1.165, 1.54) is 12.3 Å². The molecule has 0 spiro atoms. The molecule has 118 valence electrons. The molecule has 0 radical (unpaired) electrons. The average molecular weight is 331 g/mol. The zero-order valence-corrected chi connectivity index (χ0v) is 12.2. The van der Waals surface area contributed by atoms with Crippen molar-refractivity contribution in [2.75, 3.05) is 6.61 Å². The van der Waals surface area contributed by atoms with E-state index in [1.54, 1.807) is 24.3 Å². The summed E-state index contributed by atoms with van der Waals surface area (Å²) in [6.45, 7) is -0.362. The number of pyridine rings is 1. The first-order valence-electron chi connectivity index (χ1n) is 6.52. The lowest BCUT2D eigenvalue weighted by atomic mass is 10.1. The SMILES string of the molecule is OCC(NCc1ncccc1C(F)(F)F)c1ccc(Cl)cc1. The normalized spacial score (nSPS) is 13.1. The largest absolute Gasteiger partial charge is 0.418 e. The van der Waals surface area contributed by atoms with E-state index >= 15 is 0 Å². The minimum absolute atomic E-state index is 0.108. The number of rotatable bonds is 5. The van der Waals surface area contributed by atoms with E-state index in [0.29, 0.717) is 5.02 Å². The Morgan fingerprint density at radius 2 is 1.86 bits per heavy atom. The lowest BCUT2D eigenvalue weighted by Gasteiger charge is -2.18.